The molecule has 9 heteroatoms. The van der Waals surface area contributed by atoms with Crippen LogP contribution in [0.25, 0.3) is 0 Å². The molecule has 1 unspecified atom stereocenters. The second-order valence-electron chi connectivity index (χ2n) is 5.52. The number of alkyl halides is 3. The summed E-state index contributed by atoms with van der Waals surface area (Å²) in [5, 5.41) is 0. The number of carbonyl (C=O) groups excluding carboxylic acids is 1. The van der Waals surface area contributed by atoms with Crippen LogP contribution in [-0.2, 0) is 21.0 Å². The number of para-hydroxylation sites is 1. The lowest BCUT2D eigenvalue weighted by Gasteiger charge is -2.14. The molecule has 0 spiro atoms. The van der Waals surface area contributed by atoms with Crippen LogP contribution in [0.5, 0.6) is 5.75 Å². The molecule has 5 nitrogen and oxygen atoms in total. The van der Waals surface area contributed by atoms with Gasteiger partial charge in [-0.15, -0.1) is 0 Å². The number of hydrogen-bond acceptors (Lipinski definition) is 4. The van der Waals surface area contributed by atoms with Gasteiger partial charge >= 0.3 is 6.18 Å². The fraction of sp³-hybridized carbons (Fsp3) is 0.235. The van der Waals surface area contributed by atoms with E-state index in [1.54, 1.807) is 30.3 Å². The lowest BCUT2D eigenvalue weighted by atomic mass is 10.2. The largest absolute Gasteiger partial charge is 0.493 e. The molecule has 2 aromatic rings. The van der Waals surface area contributed by atoms with Gasteiger partial charge in [0.1, 0.15) is 5.75 Å². The number of sulfonamides is 1. The molecule has 2 aromatic carbocycles. The Morgan fingerprint density at radius 2 is 1.65 bits per heavy atom. The smallest absolute Gasteiger partial charge is 0.416 e. The zero-order valence-corrected chi connectivity index (χ0v) is 14.5. The summed E-state index contributed by atoms with van der Waals surface area (Å²) in [5.74, 6) is -1.09. The first-order valence-corrected chi connectivity index (χ1v) is 8.99. The number of halogens is 3. The maximum Gasteiger partial charge on any atom is 0.416 e. The maximum absolute atomic E-state index is 12.5. The molecular weight excluding hydrogens is 371 g/mol. The van der Waals surface area contributed by atoms with E-state index in [-0.39, 0.29) is 6.61 Å². The van der Waals surface area contributed by atoms with Crippen molar-refractivity contribution in [2.24, 2.45) is 5.92 Å². The number of hydrogen-bond donors (Lipinski definition) is 1. The SMILES string of the molecule is CC(COc1ccccc1)C(=O)NS(=O)(=O)c1ccc(C(F)(F)F)cc1. The van der Waals surface area contributed by atoms with E-state index in [0.717, 1.165) is 12.1 Å². The summed E-state index contributed by atoms with van der Waals surface area (Å²) in [6.07, 6.45) is -4.57. The summed E-state index contributed by atoms with van der Waals surface area (Å²) in [5.41, 5.74) is -0.979. The Kier molecular flexibility index (Phi) is 5.91. The van der Waals surface area contributed by atoms with Crippen LogP contribution in [0.4, 0.5) is 13.2 Å². The van der Waals surface area contributed by atoms with Gasteiger partial charge in [0.25, 0.3) is 10.0 Å². The van der Waals surface area contributed by atoms with Crippen molar-refractivity contribution in [2.45, 2.75) is 18.0 Å². The number of nitrogens with one attached hydrogen (secondary N) is 1. The van der Waals surface area contributed by atoms with E-state index in [4.69, 9.17) is 4.74 Å². The molecule has 0 aliphatic carbocycles. The van der Waals surface area contributed by atoms with Crippen molar-refractivity contribution in [3.63, 3.8) is 0 Å². The molecule has 2 rings (SSSR count). The van der Waals surface area contributed by atoms with Gasteiger partial charge in [0.2, 0.25) is 5.91 Å². The van der Waals surface area contributed by atoms with Crippen LogP contribution < -0.4 is 9.46 Å². The highest BCUT2D eigenvalue weighted by Gasteiger charge is 2.31. The summed E-state index contributed by atoms with van der Waals surface area (Å²) in [6.45, 7) is 1.42. The van der Waals surface area contributed by atoms with Gasteiger partial charge in [0.05, 0.1) is 23.0 Å². The molecule has 0 aromatic heterocycles. The Morgan fingerprint density at radius 3 is 2.19 bits per heavy atom. The third kappa shape index (κ3) is 5.22. The highest BCUT2D eigenvalue weighted by molar-refractivity contribution is 7.90. The fourth-order valence-electron chi connectivity index (χ4n) is 1.93. The second kappa shape index (κ2) is 7.77. The molecular formula is C17H16F3NO4S. The molecule has 0 fully saturated rings. The number of benzene rings is 2. The first kappa shape index (κ1) is 19.8. The molecule has 0 heterocycles. The summed E-state index contributed by atoms with van der Waals surface area (Å²) in [6, 6.07) is 11.5. The molecule has 1 amide bonds. The van der Waals surface area contributed by atoms with E-state index in [1.165, 1.54) is 6.92 Å². The van der Waals surface area contributed by atoms with Gasteiger partial charge in [-0.25, -0.2) is 13.1 Å². The van der Waals surface area contributed by atoms with Crippen molar-refractivity contribution in [1.82, 2.24) is 4.72 Å². The van der Waals surface area contributed by atoms with E-state index in [0.29, 0.717) is 17.9 Å². The highest BCUT2D eigenvalue weighted by Crippen LogP contribution is 2.29. The molecule has 1 N–H and O–H groups in total. The van der Waals surface area contributed by atoms with Gasteiger partial charge in [-0.05, 0) is 36.4 Å². The topological polar surface area (TPSA) is 72.5 Å². The zero-order chi connectivity index (χ0) is 19.4. The molecule has 0 radical (unpaired) electrons. The van der Waals surface area contributed by atoms with Crippen LogP contribution >= 0.6 is 0 Å². The van der Waals surface area contributed by atoms with E-state index in [9.17, 15) is 26.4 Å². The molecule has 0 saturated carbocycles. The number of carbonyl (C=O) groups is 1. The monoisotopic (exact) mass is 387 g/mol. The average Bonchev–Trinajstić information content (AvgIpc) is 2.59. The Hall–Kier alpha value is -2.55. The van der Waals surface area contributed by atoms with Crippen molar-refractivity contribution < 1.29 is 31.1 Å². The minimum atomic E-state index is -4.57. The van der Waals surface area contributed by atoms with E-state index >= 15 is 0 Å². The van der Waals surface area contributed by atoms with Gasteiger partial charge in [-0.3, -0.25) is 4.79 Å². The molecule has 26 heavy (non-hydrogen) atoms. The summed E-state index contributed by atoms with van der Waals surface area (Å²) >= 11 is 0. The first-order valence-electron chi connectivity index (χ1n) is 7.51. The van der Waals surface area contributed by atoms with Crippen LogP contribution in [-0.4, -0.2) is 20.9 Å². The van der Waals surface area contributed by atoms with Crippen LogP contribution in [0.3, 0.4) is 0 Å². The van der Waals surface area contributed by atoms with Gasteiger partial charge in [0.15, 0.2) is 0 Å². The van der Waals surface area contributed by atoms with Crippen molar-refractivity contribution in [2.75, 3.05) is 6.61 Å². The second-order valence-corrected chi connectivity index (χ2v) is 7.20. The molecule has 140 valence electrons. The third-order valence-corrected chi connectivity index (χ3v) is 4.78. The van der Waals surface area contributed by atoms with Crippen LogP contribution in [0.15, 0.2) is 59.5 Å². The predicted octanol–water partition coefficient (Wildman–Crippen LogP) is 3.23. The average molecular weight is 387 g/mol. The van der Waals surface area contributed by atoms with Gasteiger partial charge in [-0.1, -0.05) is 25.1 Å². The maximum atomic E-state index is 12.5. The van der Waals surface area contributed by atoms with Crippen molar-refractivity contribution in [3.8, 4) is 5.75 Å². The number of amides is 1. The lowest BCUT2D eigenvalue weighted by molar-refractivity contribution is -0.137. The van der Waals surface area contributed by atoms with Crippen LogP contribution in [0, 0.1) is 5.92 Å². The summed E-state index contributed by atoms with van der Waals surface area (Å²) in [7, 11) is -4.27. The van der Waals surface area contributed by atoms with Gasteiger partial charge in [-0.2, -0.15) is 13.2 Å². The quantitative estimate of drug-likeness (QED) is 0.826. The molecule has 0 saturated heterocycles. The Balaban J connectivity index is 2.00. The molecule has 0 aliphatic rings. The van der Waals surface area contributed by atoms with E-state index in [2.05, 4.69) is 0 Å². The Labute approximate surface area is 148 Å². The normalized spacial score (nSPS) is 13.1. The summed E-state index contributed by atoms with van der Waals surface area (Å²) < 4.78 is 69.0. The summed E-state index contributed by atoms with van der Waals surface area (Å²) in [4.78, 5) is 11.6. The lowest BCUT2D eigenvalue weighted by Crippen LogP contribution is -2.36. The standard InChI is InChI=1S/C17H16F3NO4S/c1-12(11-25-14-5-3-2-4-6-14)16(22)21-26(23,24)15-9-7-13(8-10-15)17(18,19)20/h2-10,12H,11H2,1H3,(H,21,22). The molecule has 1 atom stereocenters. The minimum absolute atomic E-state index is 0.0572. The van der Waals surface area contributed by atoms with Crippen LogP contribution in [0.2, 0.25) is 0 Å². The number of rotatable bonds is 6. The van der Waals surface area contributed by atoms with Crippen molar-refractivity contribution in [3.05, 3.63) is 60.2 Å². The Bertz CT molecular complexity index is 850. The molecule has 0 aliphatic heterocycles. The van der Waals surface area contributed by atoms with E-state index < -0.39 is 38.5 Å². The highest BCUT2D eigenvalue weighted by atomic mass is 32.2. The Morgan fingerprint density at radius 1 is 1.08 bits per heavy atom. The first-order chi connectivity index (χ1) is 12.1. The van der Waals surface area contributed by atoms with Crippen molar-refractivity contribution in [1.29, 1.82) is 0 Å². The minimum Gasteiger partial charge on any atom is -0.493 e. The predicted molar refractivity (Wildman–Crippen MR) is 87.9 cm³/mol. The van der Waals surface area contributed by atoms with Gasteiger partial charge < -0.3 is 4.74 Å². The third-order valence-electron chi connectivity index (χ3n) is 3.42. The number of ether oxygens (including phenoxy) is 1. The van der Waals surface area contributed by atoms with E-state index in [1.807, 2.05) is 4.72 Å². The zero-order valence-electron chi connectivity index (χ0n) is 13.7. The molecule has 0 bridgehead atoms. The van der Waals surface area contributed by atoms with Gasteiger partial charge in [0, 0.05) is 0 Å². The van der Waals surface area contributed by atoms with Crippen LogP contribution in [0.1, 0.15) is 12.5 Å². The fourth-order valence-corrected chi connectivity index (χ4v) is 3.01. The van der Waals surface area contributed by atoms with Crippen molar-refractivity contribution >= 4 is 15.9 Å².